The first-order chi connectivity index (χ1) is 9.60. The number of pyridine rings is 1. The highest BCUT2D eigenvalue weighted by molar-refractivity contribution is 5.25. The molecule has 1 saturated carbocycles. The van der Waals surface area contributed by atoms with E-state index in [0.717, 1.165) is 49.3 Å². The van der Waals surface area contributed by atoms with Crippen molar-refractivity contribution in [1.82, 2.24) is 10.3 Å². The van der Waals surface area contributed by atoms with Crippen LogP contribution in [0.15, 0.2) is 12.1 Å². The Morgan fingerprint density at radius 3 is 2.70 bits per heavy atom. The Kier molecular flexibility index (Phi) is 5.41. The molecule has 0 amide bonds. The van der Waals surface area contributed by atoms with Crippen molar-refractivity contribution in [3.63, 3.8) is 0 Å². The molecule has 3 nitrogen and oxygen atoms in total. The van der Waals surface area contributed by atoms with Gasteiger partial charge in [0, 0.05) is 18.3 Å². The van der Waals surface area contributed by atoms with Gasteiger partial charge in [0.25, 0.3) is 0 Å². The van der Waals surface area contributed by atoms with E-state index >= 15 is 0 Å². The van der Waals surface area contributed by atoms with Gasteiger partial charge in [-0.05, 0) is 50.1 Å². The average Bonchev–Trinajstić information content (AvgIpc) is 2.42. The number of nitrogens with zero attached hydrogens (tertiary/aromatic N) is 1. The quantitative estimate of drug-likeness (QED) is 0.890. The van der Waals surface area contributed by atoms with Gasteiger partial charge in [0.05, 0.1) is 0 Å². The molecule has 112 valence electrons. The van der Waals surface area contributed by atoms with Crippen molar-refractivity contribution >= 4 is 0 Å². The number of aryl methyl sites for hydroxylation is 1. The SMILES string of the molecule is CCNCc1ccc(OC2CCC(C)C(C)C2)nc1C. The van der Waals surface area contributed by atoms with Gasteiger partial charge in [0.2, 0.25) is 5.88 Å². The summed E-state index contributed by atoms with van der Waals surface area (Å²) in [5.74, 6) is 2.37. The highest BCUT2D eigenvalue weighted by atomic mass is 16.5. The molecule has 1 aromatic heterocycles. The first-order valence-electron chi connectivity index (χ1n) is 7.94. The van der Waals surface area contributed by atoms with Crippen LogP contribution < -0.4 is 10.1 Å². The van der Waals surface area contributed by atoms with Gasteiger partial charge >= 0.3 is 0 Å². The predicted molar refractivity (Wildman–Crippen MR) is 82.9 cm³/mol. The summed E-state index contributed by atoms with van der Waals surface area (Å²) in [5.41, 5.74) is 2.32. The predicted octanol–water partition coefficient (Wildman–Crippen LogP) is 3.70. The molecule has 1 heterocycles. The van der Waals surface area contributed by atoms with E-state index in [0.29, 0.717) is 6.10 Å². The standard InChI is InChI=1S/C17H28N2O/c1-5-18-11-15-7-9-17(19-14(15)4)20-16-8-6-12(2)13(3)10-16/h7,9,12-13,16,18H,5-6,8,10-11H2,1-4H3. The van der Waals surface area contributed by atoms with E-state index in [1.807, 2.05) is 6.07 Å². The van der Waals surface area contributed by atoms with Crippen LogP contribution >= 0.6 is 0 Å². The highest BCUT2D eigenvalue weighted by Gasteiger charge is 2.26. The van der Waals surface area contributed by atoms with E-state index in [1.165, 1.54) is 12.0 Å². The van der Waals surface area contributed by atoms with Crippen LogP contribution in [0.5, 0.6) is 5.88 Å². The number of ether oxygens (including phenoxy) is 1. The van der Waals surface area contributed by atoms with Crippen LogP contribution in [0.1, 0.15) is 51.3 Å². The molecule has 0 aromatic carbocycles. The van der Waals surface area contributed by atoms with Crippen LogP contribution in [0, 0.1) is 18.8 Å². The molecule has 1 aromatic rings. The monoisotopic (exact) mass is 276 g/mol. The summed E-state index contributed by atoms with van der Waals surface area (Å²) in [6.07, 6.45) is 3.92. The Morgan fingerprint density at radius 2 is 2.05 bits per heavy atom. The number of rotatable bonds is 5. The third-order valence-electron chi connectivity index (χ3n) is 4.57. The lowest BCUT2D eigenvalue weighted by atomic mass is 9.80. The maximum absolute atomic E-state index is 6.08. The molecule has 3 heteroatoms. The van der Waals surface area contributed by atoms with Gasteiger partial charge in [-0.25, -0.2) is 4.98 Å². The van der Waals surface area contributed by atoms with E-state index < -0.39 is 0 Å². The van der Waals surface area contributed by atoms with Crippen molar-refractivity contribution < 1.29 is 4.74 Å². The van der Waals surface area contributed by atoms with Crippen molar-refractivity contribution in [3.8, 4) is 5.88 Å². The molecule has 0 spiro atoms. The van der Waals surface area contributed by atoms with Crippen LogP contribution in [0.4, 0.5) is 0 Å². The van der Waals surface area contributed by atoms with Gasteiger partial charge in [0.1, 0.15) is 6.10 Å². The van der Waals surface area contributed by atoms with Crippen LogP contribution in [-0.2, 0) is 6.54 Å². The van der Waals surface area contributed by atoms with Crippen molar-refractivity contribution in [2.45, 2.75) is 59.6 Å². The Bertz CT molecular complexity index is 433. The molecule has 0 radical (unpaired) electrons. The minimum atomic E-state index is 0.340. The summed E-state index contributed by atoms with van der Waals surface area (Å²) in [6.45, 7) is 10.7. The fourth-order valence-corrected chi connectivity index (χ4v) is 2.85. The van der Waals surface area contributed by atoms with E-state index in [4.69, 9.17) is 4.74 Å². The summed E-state index contributed by atoms with van der Waals surface area (Å²) in [7, 11) is 0. The van der Waals surface area contributed by atoms with Crippen molar-refractivity contribution in [3.05, 3.63) is 23.4 Å². The maximum atomic E-state index is 6.08. The van der Waals surface area contributed by atoms with Crippen LogP contribution in [0.2, 0.25) is 0 Å². The second-order valence-corrected chi connectivity index (χ2v) is 6.18. The molecule has 1 fully saturated rings. The molecule has 2 rings (SSSR count). The zero-order valence-corrected chi connectivity index (χ0v) is 13.3. The van der Waals surface area contributed by atoms with Gasteiger partial charge < -0.3 is 10.1 Å². The topological polar surface area (TPSA) is 34.1 Å². The normalized spacial score (nSPS) is 26.5. The Balaban J connectivity index is 1.95. The van der Waals surface area contributed by atoms with Crippen LogP contribution in [0.25, 0.3) is 0 Å². The smallest absolute Gasteiger partial charge is 0.213 e. The van der Waals surface area contributed by atoms with Gasteiger partial charge in [0.15, 0.2) is 0 Å². The second kappa shape index (κ2) is 7.07. The lowest BCUT2D eigenvalue weighted by Gasteiger charge is -2.32. The number of aromatic nitrogens is 1. The summed E-state index contributed by atoms with van der Waals surface area (Å²) < 4.78 is 6.08. The fourth-order valence-electron chi connectivity index (χ4n) is 2.85. The molecule has 3 unspecified atom stereocenters. The van der Waals surface area contributed by atoms with Gasteiger partial charge in [-0.2, -0.15) is 0 Å². The summed E-state index contributed by atoms with van der Waals surface area (Å²) in [6, 6.07) is 4.15. The van der Waals surface area contributed by atoms with Crippen LogP contribution in [-0.4, -0.2) is 17.6 Å². The number of nitrogens with one attached hydrogen (secondary N) is 1. The number of hydrogen-bond donors (Lipinski definition) is 1. The highest BCUT2D eigenvalue weighted by Crippen LogP contribution is 2.31. The first-order valence-corrected chi connectivity index (χ1v) is 7.94. The minimum absolute atomic E-state index is 0.340. The van der Waals surface area contributed by atoms with E-state index in [9.17, 15) is 0 Å². The molecule has 0 saturated heterocycles. The summed E-state index contributed by atoms with van der Waals surface area (Å²) in [4.78, 5) is 4.60. The van der Waals surface area contributed by atoms with E-state index in [1.54, 1.807) is 0 Å². The van der Waals surface area contributed by atoms with E-state index in [2.05, 4.69) is 44.1 Å². The van der Waals surface area contributed by atoms with Crippen LogP contribution in [0.3, 0.4) is 0 Å². The molecular weight excluding hydrogens is 248 g/mol. The molecule has 0 bridgehead atoms. The molecule has 3 atom stereocenters. The Morgan fingerprint density at radius 1 is 1.25 bits per heavy atom. The van der Waals surface area contributed by atoms with Crippen molar-refractivity contribution in [2.75, 3.05) is 6.54 Å². The Hall–Kier alpha value is -1.09. The van der Waals surface area contributed by atoms with Gasteiger partial charge in [-0.15, -0.1) is 0 Å². The van der Waals surface area contributed by atoms with Crippen molar-refractivity contribution in [1.29, 1.82) is 0 Å². The minimum Gasteiger partial charge on any atom is -0.474 e. The molecule has 0 aliphatic heterocycles. The van der Waals surface area contributed by atoms with Crippen molar-refractivity contribution in [2.24, 2.45) is 11.8 Å². The molecule has 20 heavy (non-hydrogen) atoms. The average molecular weight is 276 g/mol. The lowest BCUT2D eigenvalue weighted by molar-refractivity contribution is 0.0963. The third-order valence-corrected chi connectivity index (χ3v) is 4.57. The van der Waals surface area contributed by atoms with Gasteiger partial charge in [-0.3, -0.25) is 0 Å². The zero-order valence-electron chi connectivity index (χ0n) is 13.3. The fraction of sp³-hybridized carbons (Fsp3) is 0.706. The number of hydrogen-bond acceptors (Lipinski definition) is 3. The lowest BCUT2D eigenvalue weighted by Crippen LogP contribution is -2.29. The Labute approximate surface area is 123 Å². The molecular formula is C17H28N2O. The van der Waals surface area contributed by atoms with E-state index in [-0.39, 0.29) is 0 Å². The molecule has 1 aliphatic rings. The first kappa shape index (κ1) is 15.3. The zero-order chi connectivity index (χ0) is 14.5. The molecule has 1 N–H and O–H groups in total. The largest absolute Gasteiger partial charge is 0.474 e. The maximum Gasteiger partial charge on any atom is 0.213 e. The molecule has 1 aliphatic carbocycles. The van der Waals surface area contributed by atoms with Gasteiger partial charge in [-0.1, -0.05) is 26.8 Å². The summed E-state index contributed by atoms with van der Waals surface area (Å²) >= 11 is 0. The summed E-state index contributed by atoms with van der Waals surface area (Å²) in [5, 5.41) is 3.34. The second-order valence-electron chi connectivity index (χ2n) is 6.18. The third kappa shape index (κ3) is 3.95.